The van der Waals surface area contributed by atoms with Crippen LogP contribution in [0.3, 0.4) is 0 Å². The summed E-state index contributed by atoms with van der Waals surface area (Å²) in [5, 5.41) is 5.71. The number of thiazole rings is 1. The van der Waals surface area contributed by atoms with Gasteiger partial charge in [0.25, 0.3) is 5.91 Å². The average Bonchev–Trinajstić information content (AvgIpc) is 2.99. The fourth-order valence-electron chi connectivity index (χ4n) is 1.63. The van der Waals surface area contributed by atoms with Crippen LogP contribution in [0, 0.1) is 0 Å². The summed E-state index contributed by atoms with van der Waals surface area (Å²) < 4.78 is 0. The van der Waals surface area contributed by atoms with Crippen molar-refractivity contribution in [2.24, 2.45) is 0 Å². The number of benzene rings is 1. The number of aromatic nitrogens is 3. The van der Waals surface area contributed by atoms with E-state index in [1.807, 2.05) is 12.1 Å². The minimum absolute atomic E-state index is 0.253. The van der Waals surface area contributed by atoms with Gasteiger partial charge < -0.3 is 0 Å². The number of hydrogen-bond acceptors (Lipinski definition) is 5. The van der Waals surface area contributed by atoms with Crippen LogP contribution in [0.1, 0.15) is 10.5 Å². The van der Waals surface area contributed by atoms with Crippen molar-refractivity contribution in [3.63, 3.8) is 0 Å². The van der Waals surface area contributed by atoms with E-state index in [9.17, 15) is 4.79 Å². The van der Waals surface area contributed by atoms with Crippen LogP contribution in [0.2, 0.25) is 5.02 Å². The molecule has 0 radical (unpaired) electrons. The van der Waals surface area contributed by atoms with Gasteiger partial charge in [0.2, 0.25) is 5.95 Å². The van der Waals surface area contributed by atoms with Gasteiger partial charge in [-0.25, -0.2) is 15.0 Å². The zero-order valence-electron chi connectivity index (χ0n) is 10.7. The molecule has 2 heterocycles. The van der Waals surface area contributed by atoms with Gasteiger partial charge in [0, 0.05) is 28.4 Å². The highest BCUT2D eigenvalue weighted by Crippen LogP contribution is 2.25. The molecule has 7 heteroatoms. The van der Waals surface area contributed by atoms with Gasteiger partial charge in [-0.1, -0.05) is 23.7 Å². The number of carbonyl (C=O) groups excluding carboxylic acids is 1. The third-order valence-electron chi connectivity index (χ3n) is 2.62. The summed E-state index contributed by atoms with van der Waals surface area (Å²) in [6.45, 7) is 0. The first kappa shape index (κ1) is 13.7. The fourth-order valence-corrected chi connectivity index (χ4v) is 2.56. The number of carbonyl (C=O) groups is 1. The van der Waals surface area contributed by atoms with Crippen molar-refractivity contribution in [3.05, 3.63) is 58.8 Å². The molecule has 0 unspecified atom stereocenters. The zero-order valence-corrected chi connectivity index (χ0v) is 12.2. The van der Waals surface area contributed by atoms with Crippen molar-refractivity contribution in [3.8, 4) is 10.6 Å². The van der Waals surface area contributed by atoms with E-state index in [0.29, 0.717) is 10.7 Å². The lowest BCUT2D eigenvalue weighted by atomic mass is 10.2. The van der Waals surface area contributed by atoms with E-state index in [1.165, 1.54) is 11.3 Å². The zero-order chi connectivity index (χ0) is 14.7. The van der Waals surface area contributed by atoms with Crippen molar-refractivity contribution < 1.29 is 4.79 Å². The van der Waals surface area contributed by atoms with Crippen molar-refractivity contribution in [2.45, 2.75) is 0 Å². The highest BCUT2D eigenvalue weighted by molar-refractivity contribution is 7.13. The molecule has 3 rings (SSSR count). The molecule has 0 aliphatic rings. The van der Waals surface area contributed by atoms with Gasteiger partial charge in [-0.15, -0.1) is 11.3 Å². The SMILES string of the molecule is O=C(Nc1ncccn1)c1csc(-c2ccc(Cl)cc2)n1. The van der Waals surface area contributed by atoms with Gasteiger partial charge in [-0.05, 0) is 18.2 Å². The van der Waals surface area contributed by atoms with E-state index in [4.69, 9.17) is 11.6 Å². The normalized spacial score (nSPS) is 10.3. The molecule has 1 N–H and O–H groups in total. The first-order chi connectivity index (χ1) is 10.2. The summed E-state index contributed by atoms with van der Waals surface area (Å²) in [5.41, 5.74) is 1.25. The molecule has 0 fully saturated rings. The van der Waals surface area contributed by atoms with Gasteiger partial charge in [-0.3, -0.25) is 10.1 Å². The monoisotopic (exact) mass is 316 g/mol. The van der Waals surface area contributed by atoms with Crippen molar-refractivity contribution >= 4 is 34.8 Å². The van der Waals surface area contributed by atoms with E-state index in [1.54, 1.807) is 36.0 Å². The lowest BCUT2D eigenvalue weighted by Gasteiger charge is -1.99. The van der Waals surface area contributed by atoms with Crippen LogP contribution in [0.25, 0.3) is 10.6 Å². The van der Waals surface area contributed by atoms with Crippen LogP contribution in [-0.4, -0.2) is 20.9 Å². The van der Waals surface area contributed by atoms with Crippen LogP contribution in [0.15, 0.2) is 48.1 Å². The minimum atomic E-state index is -0.335. The van der Waals surface area contributed by atoms with Crippen LogP contribution in [-0.2, 0) is 0 Å². The number of hydrogen-bond donors (Lipinski definition) is 1. The molecule has 5 nitrogen and oxygen atoms in total. The van der Waals surface area contributed by atoms with Crippen LogP contribution < -0.4 is 5.32 Å². The molecule has 0 aliphatic carbocycles. The standard InChI is InChI=1S/C14H9ClN4OS/c15-10-4-2-9(3-5-10)13-18-11(8-21-13)12(20)19-14-16-6-1-7-17-14/h1-8H,(H,16,17,19,20). The van der Waals surface area contributed by atoms with Gasteiger partial charge in [0.15, 0.2) is 0 Å². The lowest BCUT2D eigenvalue weighted by Crippen LogP contribution is -2.14. The number of rotatable bonds is 3. The molecule has 0 saturated carbocycles. The molecule has 1 aromatic carbocycles. The maximum atomic E-state index is 12.0. The third-order valence-corrected chi connectivity index (χ3v) is 3.76. The Labute approximate surface area is 129 Å². The summed E-state index contributed by atoms with van der Waals surface area (Å²) in [6.07, 6.45) is 3.12. The number of nitrogens with zero attached hydrogens (tertiary/aromatic N) is 3. The first-order valence-corrected chi connectivity index (χ1v) is 7.28. The Bertz CT molecular complexity index is 758. The van der Waals surface area contributed by atoms with E-state index < -0.39 is 0 Å². The van der Waals surface area contributed by atoms with Crippen molar-refractivity contribution in [1.82, 2.24) is 15.0 Å². The van der Waals surface area contributed by atoms with Gasteiger partial charge in [0.1, 0.15) is 10.7 Å². The second-order valence-corrected chi connectivity index (χ2v) is 5.37. The molecule has 3 aromatic rings. The van der Waals surface area contributed by atoms with Crippen LogP contribution in [0.5, 0.6) is 0 Å². The third kappa shape index (κ3) is 3.24. The second kappa shape index (κ2) is 5.99. The molecule has 104 valence electrons. The Kier molecular flexibility index (Phi) is 3.89. The van der Waals surface area contributed by atoms with E-state index in [-0.39, 0.29) is 11.9 Å². The predicted molar refractivity (Wildman–Crippen MR) is 82.5 cm³/mol. The molecule has 0 spiro atoms. The molecule has 2 aromatic heterocycles. The molecular formula is C14H9ClN4OS. The first-order valence-electron chi connectivity index (χ1n) is 6.02. The van der Waals surface area contributed by atoms with Crippen molar-refractivity contribution in [2.75, 3.05) is 5.32 Å². The van der Waals surface area contributed by atoms with Crippen LogP contribution >= 0.6 is 22.9 Å². The minimum Gasteiger partial charge on any atom is -0.289 e. The molecule has 0 saturated heterocycles. The van der Waals surface area contributed by atoms with E-state index in [0.717, 1.165) is 10.6 Å². The maximum Gasteiger partial charge on any atom is 0.277 e. The molecule has 1 amide bonds. The largest absolute Gasteiger partial charge is 0.289 e. The number of anilines is 1. The summed E-state index contributed by atoms with van der Waals surface area (Å²) in [5.74, 6) is -0.0822. The second-order valence-electron chi connectivity index (χ2n) is 4.07. The predicted octanol–water partition coefficient (Wildman–Crippen LogP) is 3.51. The topological polar surface area (TPSA) is 67.8 Å². The van der Waals surface area contributed by atoms with Crippen LogP contribution in [0.4, 0.5) is 5.95 Å². The highest BCUT2D eigenvalue weighted by atomic mass is 35.5. The van der Waals surface area contributed by atoms with Crippen molar-refractivity contribution in [1.29, 1.82) is 0 Å². The molecule has 0 aliphatic heterocycles. The summed E-state index contributed by atoms with van der Waals surface area (Å²) in [7, 11) is 0. The fraction of sp³-hybridized carbons (Fsp3) is 0. The van der Waals surface area contributed by atoms with Gasteiger partial charge >= 0.3 is 0 Å². The number of halogens is 1. The smallest absolute Gasteiger partial charge is 0.277 e. The number of nitrogens with one attached hydrogen (secondary N) is 1. The molecule has 0 atom stereocenters. The highest BCUT2D eigenvalue weighted by Gasteiger charge is 2.12. The maximum absolute atomic E-state index is 12.0. The lowest BCUT2D eigenvalue weighted by molar-refractivity contribution is 0.102. The Morgan fingerprint density at radius 3 is 2.57 bits per heavy atom. The Morgan fingerprint density at radius 2 is 1.86 bits per heavy atom. The quantitative estimate of drug-likeness (QED) is 0.803. The Hall–Kier alpha value is -2.31. The van der Waals surface area contributed by atoms with Gasteiger partial charge in [0.05, 0.1) is 0 Å². The molecule has 0 bridgehead atoms. The Balaban J connectivity index is 1.78. The Morgan fingerprint density at radius 1 is 1.14 bits per heavy atom. The summed E-state index contributed by atoms with van der Waals surface area (Å²) in [6, 6.07) is 8.98. The number of amides is 1. The summed E-state index contributed by atoms with van der Waals surface area (Å²) >= 11 is 7.24. The van der Waals surface area contributed by atoms with E-state index in [2.05, 4.69) is 20.3 Å². The van der Waals surface area contributed by atoms with Gasteiger partial charge in [-0.2, -0.15) is 0 Å². The molecule has 21 heavy (non-hydrogen) atoms. The average molecular weight is 317 g/mol. The summed E-state index contributed by atoms with van der Waals surface area (Å²) in [4.78, 5) is 24.2. The molecular weight excluding hydrogens is 308 g/mol. The van der Waals surface area contributed by atoms with E-state index >= 15 is 0 Å².